The van der Waals surface area contributed by atoms with Gasteiger partial charge < -0.3 is 10.2 Å². The van der Waals surface area contributed by atoms with Crippen LogP contribution < -0.4 is 10.2 Å². The van der Waals surface area contributed by atoms with Gasteiger partial charge in [-0.05, 0) is 43.4 Å². The summed E-state index contributed by atoms with van der Waals surface area (Å²) >= 11 is 0. The number of anilines is 1. The number of amides is 1. The normalized spacial score (nSPS) is 13.4. The van der Waals surface area contributed by atoms with Crippen LogP contribution in [0.15, 0.2) is 67.0 Å². The molecule has 29 heavy (non-hydrogen) atoms. The fraction of sp³-hybridized carbons (Fsp3) is 0.292. The van der Waals surface area contributed by atoms with Crippen molar-refractivity contribution in [3.8, 4) is 11.3 Å². The van der Waals surface area contributed by atoms with Gasteiger partial charge in [-0.25, -0.2) is 9.97 Å². The molecule has 1 N–H and O–H groups in total. The van der Waals surface area contributed by atoms with Crippen LogP contribution in [-0.2, 0) is 6.42 Å². The molecule has 4 rings (SSSR count). The summed E-state index contributed by atoms with van der Waals surface area (Å²) in [6.45, 7) is 2.74. The lowest BCUT2D eigenvalue weighted by Crippen LogP contribution is -2.24. The fourth-order valence-corrected chi connectivity index (χ4v) is 3.69. The largest absolute Gasteiger partial charge is 0.357 e. The molecule has 0 bridgehead atoms. The highest BCUT2D eigenvalue weighted by Gasteiger charge is 2.15. The lowest BCUT2D eigenvalue weighted by molar-refractivity contribution is 0.0953. The number of benzene rings is 2. The van der Waals surface area contributed by atoms with Gasteiger partial charge in [-0.1, -0.05) is 42.5 Å². The number of hydrogen-bond acceptors (Lipinski definition) is 4. The quantitative estimate of drug-likeness (QED) is 0.621. The van der Waals surface area contributed by atoms with Crippen LogP contribution in [0.5, 0.6) is 0 Å². The monoisotopic (exact) mass is 386 g/mol. The maximum atomic E-state index is 12.6. The van der Waals surface area contributed by atoms with Crippen LogP contribution in [0.4, 0.5) is 5.82 Å². The van der Waals surface area contributed by atoms with Gasteiger partial charge in [0, 0.05) is 36.8 Å². The Bertz CT molecular complexity index is 952. The van der Waals surface area contributed by atoms with E-state index >= 15 is 0 Å². The predicted octanol–water partition coefficient (Wildman–Crippen LogP) is 4.11. The highest BCUT2D eigenvalue weighted by molar-refractivity contribution is 5.95. The van der Waals surface area contributed by atoms with Crippen molar-refractivity contribution in [3.63, 3.8) is 0 Å². The second-order valence-electron chi connectivity index (χ2n) is 7.38. The molecule has 0 atom stereocenters. The molecule has 2 aromatic carbocycles. The van der Waals surface area contributed by atoms with E-state index in [9.17, 15) is 4.79 Å². The topological polar surface area (TPSA) is 58.1 Å². The fourth-order valence-electron chi connectivity index (χ4n) is 3.69. The third-order valence-electron chi connectivity index (χ3n) is 5.27. The minimum atomic E-state index is -0.0475. The molecule has 5 heteroatoms. The molecule has 2 heterocycles. The van der Waals surface area contributed by atoms with E-state index in [1.807, 2.05) is 48.5 Å². The molecule has 1 saturated heterocycles. The van der Waals surface area contributed by atoms with Gasteiger partial charge in [0.05, 0.1) is 5.69 Å². The second-order valence-corrected chi connectivity index (χ2v) is 7.38. The number of carbonyl (C=O) groups excluding carboxylic acids is 1. The molecule has 0 unspecified atom stereocenters. The van der Waals surface area contributed by atoms with E-state index in [4.69, 9.17) is 0 Å². The molecule has 1 aliphatic rings. The van der Waals surface area contributed by atoms with Crippen LogP contribution in [0.3, 0.4) is 0 Å². The number of nitrogens with one attached hydrogen (secondary N) is 1. The smallest absolute Gasteiger partial charge is 0.251 e. The molecule has 1 fully saturated rings. The molecule has 0 radical (unpaired) electrons. The Hall–Kier alpha value is -3.21. The zero-order valence-corrected chi connectivity index (χ0v) is 16.6. The summed E-state index contributed by atoms with van der Waals surface area (Å²) in [5.41, 5.74) is 3.73. The first-order valence-electron chi connectivity index (χ1n) is 10.3. The maximum absolute atomic E-state index is 12.6. The van der Waals surface area contributed by atoms with Gasteiger partial charge in [0.15, 0.2) is 0 Å². The highest BCUT2D eigenvalue weighted by Crippen LogP contribution is 2.24. The SMILES string of the molecule is O=C(NCCCc1ccccc1)c1cccc(-c2cc(N3CCCC3)ncn2)c1. The second kappa shape index (κ2) is 9.32. The van der Waals surface area contributed by atoms with E-state index in [1.165, 1.54) is 18.4 Å². The molecule has 0 saturated carbocycles. The summed E-state index contributed by atoms with van der Waals surface area (Å²) in [7, 11) is 0. The molecular weight excluding hydrogens is 360 g/mol. The molecule has 1 amide bonds. The van der Waals surface area contributed by atoms with Crippen molar-refractivity contribution in [3.05, 3.63) is 78.1 Å². The lowest BCUT2D eigenvalue weighted by Gasteiger charge is -2.16. The molecule has 1 aromatic heterocycles. The standard InChI is InChI=1S/C24H26N4O/c29-24(25-13-7-10-19-8-2-1-3-9-19)21-12-6-11-20(16-21)22-17-23(27-18-26-22)28-14-4-5-15-28/h1-3,6,8-9,11-12,16-18H,4-5,7,10,13-15H2,(H,25,29). The average Bonchev–Trinajstić information content (AvgIpc) is 3.33. The molecule has 3 aromatic rings. The Balaban J connectivity index is 1.38. The number of nitrogens with zero attached hydrogens (tertiary/aromatic N) is 3. The molecule has 1 aliphatic heterocycles. The van der Waals surface area contributed by atoms with E-state index < -0.39 is 0 Å². The van der Waals surface area contributed by atoms with Crippen LogP contribution in [0.25, 0.3) is 11.3 Å². The van der Waals surface area contributed by atoms with Gasteiger partial charge in [-0.3, -0.25) is 4.79 Å². The summed E-state index contributed by atoms with van der Waals surface area (Å²) in [6, 6.07) is 20.0. The van der Waals surface area contributed by atoms with E-state index in [2.05, 4.69) is 32.3 Å². The van der Waals surface area contributed by atoms with Crippen LogP contribution in [0.2, 0.25) is 0 Å². The molecule has 0 aliphatic carbocycles. The summed E-state index contributed by atoms with van der Waals surface area (Å²) < 4.78 is 0. The van der Waals surface area contributed by atoms with E-state index in [0.29, 0.717) is 12.1 Å². The van der Waals surface area contributed by atoms with Crippen LogP contribution in [0.1, 0.15) is 35.2 Å². The Morgan fingerprint density at radius 1 is 0.966 bits per heavy atom. The van der Waals surface area contributed by atoms with Crippen molar-refractivity contribution in [2.45, 2.75) is 25.7 Å². The van der Waals surface area contributed by atoms with Gasteiger partial charge in [0.2, 0.25) is 0 Å². The molecule has 5 nitrogen and oxygen atoms in total. The number of carbonyl (C=O) groups is 1. The number of aromatic nitrogens is 2. The Kier molecular flexibility index (Phi) is 6.15. The van der Waals surface area contributed by atoms with E-state index in [1.54, 1.807) is 6.33 Å². The first-order valence-corrected chi connectivity index (χ1v) is 10.3. The average molecular weight is 386 g/mol. The molecular formula is C24H26N4O. The van der Waals surface area contributed by atoms with Crippen LogP contribution in [0, 0.1) is 0 Å². The molecule has 0 spiro atoms. The lowest BCUT2D eigenvalue weighted by atomic mass is 10.1. The van der Waals surface area contributed by atoms with Gasteiger partial charge in [0.1, 0.15) is 12.1 Å². The van der Waals surface area contributed by atoms with Crippen molar-refractivity contribution in [2.75, 3.05) is 24.5 Å². The van der Waals surface area contributed by atoms with Crippen LogP contribution in [-0.4, -0.2) is 35.5 Å². The first kappa shape index (κ1) is 19.1. The van der Waals surface area contributed by atoms with Gasteiger partial charge >= 0.3 is 0 Å². The molecule has 148 valence electrons. The van der Waals surface area contributed by atoms with Crippen molar-refractivity contribution >= 4 is 11.7 Å². The van der Waals surface area contributed by atoms with Crippen molar-refractivity contribution < 1.29 is 4.79 Å². The maximum Gasteiger partial charge on any atom is 0.251 e. The Morgan fingerprint density at radius 3 is 2.62 bits per heavy atom. The van der Waals surface area contributed by atoms with Crippen molar-refractivity contribution in [2.24, 2.45) is 0 Å². The summed E-state index contributed by atoms with van der Waals surface area (Å²) in [5.74, 6) is 0.914. The Morgan fingerprint density at radius 2 is 1.79 bits per heavy atom. The summed E-state index contributed by atoms with van der Waals surface area (Å²) in [4.78, 5) is 23.7. The van der Waals surface area contributed by atoms with Gasteiger partial charge in [0.25, 0.3) is 5.91 Å². The van der Waals surface area contributed by atoms with E-state index in [-0.39, 0.29) is 5.91 Å². The minimum Gasteiger partial charge on any atom is -0.357 e. The third-order valence-corrected chi connectivity index (χ3v) is 5.27. The van der Waals surface area contributed by atoms with E-state index in [0.717, 1.165) is 43.0 Å². The Labute approximate surface area is 171 Å². The zero-order valence-electron chi connectivity index (χ0n) is 16.6. The summed E-state index contributed by atoms with van der Waals surface area (Å²) in [5, 5.41) is 3.02. The predicted molar refractivity (Wildman–Crippen MR) is 116 cm³/mol. The minimum absolute atomic E-state index is 0.0475. The third kappa shape index (κ3) is 4.99. The van der Waals surface area contributed by atoms with Gasteiger partial charge in [-0.15, -0.1) is 0 Å². The number of rotatable bonds is 7. The number of hydrogen-bond donors (Lipinski definition) is 1. The first-order chi connectivity index (χ1) is 14.3. The van der Waals surface area contributed by atoms with Crippen LogP contribution >= 0.6 is 0 Å². The van der Waals surface area contributed by atoms with Crippen molar-refractivity contribution in [1.29, 1.82) is 0 Å². The van der Waals surface area contributed by atoms with Gasteiger partial charge in [-0.2, -0.15) is 0 Å². The number of aryl methyl sites for hydroxylation is 1. The van der Waals surface area contributed by atoms with Crippen molar-refractivity contribution in [1.82, 2.24) is 15.3 Å². The summed E-state index contributed by atoms with van der Waals surface area (Å²) in [6.07, 6.45) is 5.90. The zero-order chi connectivity index (χ0) is 19.9. The highest BCUT2D eigenvalue weighted by atomic mass is 16.1.